The van der Waals surface area contributed by atoms with E-state index in [9.17, 15) is 9.90 Å². The normalized spacial score (nSPS) is 26.2. The fraction of sp³-hybridized carbons (Fsp3) is 0.520. The minimum absolute atomic E-state index is 0.0176. The van der Waals surface area contributed by atoms with Crippen molar-refractivity contribution in [2.45, 2.75) is 76.5 Å². The van der Waals surface area contributed by atoms with Gasteiger partial charge in [0.05, 0.1) is 28.0 Å². The molecule has 1 aromatic carbocycles. The van der Waals surface area contributed by atoms with E-state index >= 15 is 0 Å². The minimum atomic E-state index is -0.535. The number of nitrogens with two attached hydrogens (primary N) is 1. The molecule has 2 aromatic heterocycles. The van der Waals surface area contributed by atoms with Gasteiger partial charge in [0.1, 0.15) is 5.52 Å². The molecular weight excluding hydrogens is 537 g/mol. The first kappa shape index (κ1) is 26.3. The number of halogens is 3. The molecule has 0 unspecified atom stereocenters. The zero-order valence-corrected chi connectivity index (χ0v) is 22.7. The first-order valence-corrected chi connectivity index (χ1v) is 13.7. The molecule has 2 saturated carbocycles. The lowest BCUT2D eigenvalue weighted by molar-refractivity contribution is -0.128. The van der Waals surface area contributed by atoms with Gasteiger partial charge < -0.3 is 21.5 Å². The second kappa shape index (κ2) is 10.4. The van der Waals surface area contributed by atoms with E-state index < -0.39 is 5.41 Å². The third-order valence-corrected chi connectivity index (χ3v) is 8.49. The maximum Gasteiger partial charge on any atom is 0.224 e. The standard InChI is InChI=1S/C25H30Cl3N7O2/c1-25(22(29)37)7-5-15(6-8-25)35-21-19(12-30-23(34-21)31-14-3-2-4-16(36)11-14)32-24(35)33-20-17(27)9-13(26)10-18(20)28/h9-10,12,14-16,36H,2-8,11H2,1H3,(H2,29,37)(H,32,33)(H,30,31,34)/t14-,15?,16-,25?/m0/s1. The van der Waals surface area contributed by atoms with Crippen molar-refractivity contribution in [3.63, 3.8) is 0 Å². The number of rotatable bonds is 6. The Kier molecular flexibility index (Phi) is 7.42. The van der Waals surface area contributed by atoms with Crippen LogP contribution < -0.4 is 16.4 Å². The molecule has 2 fully saturated rings. The Labute approximate surface area is 230 Å². The molecule has 2 atom stereocenters. The predicted molar refractivity (Wildman–Crippen MR) is 147 cm³/mol. The summed E-state index contributed by atoms with van der Waals surface area (Å²) in [5.41, 5.74) is 6.92. The monoisotopic (exact) mass is 565 g/mol. The zero-order valence-electron chi connectivity index (χ0n) is 20.5. The van der Waals surface area contributed by atoms with Crippen LogP contribution in [0.3, 0.4) is 0 Å². The summed E-state index contributed by atoms with van der Waals surface area (Å²) in [6.45, 7) is 1.92. The smallest absolute Gasteiger partial charge is 0.224 e. The van der Waals surface area contributed by atoms with E-state index in [2.05, 4.69) is 15.6 Å². The van der Waals surface area contributed by atoms with Crippen LogP contribution in [-0.2, 0) is 4.79 Å². The highest BCUT2D eigenvalue weighted by molar-refractivity contribution is 6.41. The lowest BCUT2D eigenvalue weighted by atomic mass is 9.73. The van der Waals surface area contributed by atoms with Crippen molar-refractivity contribution in [3.8, 4) is 0 Å². The molecule has 37 heavy (non-hydrogen) atoms. The van der Waals surface area contributed by atoms with Gasteiger partial charge in [0.15, 0.2) is 5.65 Å². The van der Waals surface area contributed by atoms with E-state index in [4.69, 9.17) is 50.5 Å². The summed E-state index contributed by atoms with van der Waals surface area (Å²) in [7, 11) is 0. The largest absolute Gasteiger partial charge is 0.393 e. The third kappa shape index (κ3) is 5.46. The maximum atomic E-state index is 12.1. The second-order valence-electron chi connectivity index (χ2n) is 10.4. The minimum Gasteiger partial charge on any atom is -0.393 e. The second-order valence-corrected chi connectivity index (χ2v) is 11.6. The number of carbonyl (C=O) groups is 1. The molecule has 0 aliphatic heterocycles. The van der Waals surface area contributed by atoms with Crippen LogP contribution in [0.5, 0.6) is 0 Å². The van der Waals surface area contributed by atoms with E-state index in [-0.39, 0.29) is 24.1 Å². The van der Waals surface area contributed by atoms with Gasteiger partial charge in [-0.15, -0.1) is 0 Å². The van der Waals surface area contributed by atoms with Crippen LogP contribution in [0.2, 0.25) is 15.1 Å². The molecule has 3 aromatic rings. The van der Waals surface area contributed by atoms with Crippen molar-refractivity contribution in [2.75, 3.05) is 10.6 Å². The summed E-state index contributed by atoms with van der Waals surface area (Å²) in [5.74, 6) is 0.732. The lowest BCUT2D eigenvalue weighted by Gasteiger charge is -2.35. The number of hydrogen-bond acceptors (Lipinski definition) is 7. The van der Waals surface area contributed by atoms with Crippen molar-refractivity contribution in [1.29, 1.82) is 0 Å². The Morgan fingerprint density at radius 2 is 1.84 bits per heavy atom. The summed E-state index contributed by atoms with van der Waals surface area (Å²) >= 11 is 19.0. The summed E-state index contributed by atoms with van der Waals surface area (Å²) in [6.07, 6.45) is 7.53. The Hall–Kier alpha value is -2.33. The van der Waals surface area contributed by atoms with Crippen LogP contribution in [0, 0.1) is 5.41 Å². The number of imidazole rings is 1. The van der Waals surface area contributed by atoms with Crippen LogP contribution in [-0.4, -0.2) is 42.7 Å². The van der Waals surface area contributed by atoms with Gasteiger partial charge in [0, 0.05) is 22.5 Å². The zero-order chi connectivity index (χ0) is 26.3. The van der Waals surface area contributed by atoms with Gasteiger partial charge in [0.2, 0.25) is 17.8 Å². The van der Waals surface area contributed by atoms with Crippen LogP contribution in [0.15, 0.2) is 18.3 Å². The van der Waals surface area contributed by atoms with Crippen LogP contribution >= 0.6 is 34.8 Å². The number of aromatic nitrogens is 4. The first-order chi connectivity index (χ1) is 17.6. The molecule has 12 heteroatoms. The first-order valence-electron chi connectivity index (χ1n) is 12.5. The number of anilines is 3. The number of aliphatic hydroxyl groups is 1. The molecule has 0 bridgehead atoms. The molecule has 0 radical (unpaired) electrons. The van der Waals surface area contributed by atoms with Crippen LogP contribution in [0.1, 0.15) is 64.3 Å². The SMILES string of the molecule is CC1(C(N)=O)CCC(n2c(Nc3c(Cl)cc(Cl)cc3Cl)nc3cnc(N[C@H]4CCC[C@H](O)C4)nc32)CC1. The molecular formula is C25H30Cl3N7O2. The van der Waals surface area contributed by atoms with Crippen LogP contribution in [0.4, 0.5) is 17.6 Å². The van der Waals surface area contributed by atoms with Crippen LogP contribution in [0.25, 0.3) is 11.2 Å². The van der Waals surface area contributed by atoms with E-state index in [1.165, 1.54) is 0 Å². The summed E-state index contributed by atoms with van der Waals surface area (Å²) in [5, 5.41) is 17.9. The average molecular weight is 567 g/mol. The molecule has 1 amide bonds. The van der Waals surface area contributed by atoms with Crippen molar-refractivity contribution >= 4 is 69.5 Å². The molecule has 2 aliphatic carbocycles. The number of primary amides is 1. The average Bonchev–Trinajstić information content (AvgIpc) is 3.19. The number of carbonyl (C=O) groups excluding carboxylic acids is 1. The quantitative estimate of drug-likeness (QED) is 0.294. The number of amides is 1. The van der Waals surface area contributed by atoms with E-state index in [1.54, 1.807) is 18.3 Å². The molecule has 2 aliphatic rings. The van der Waals surface area contributed by atoms with Crippen molar-refractivity contribution < 1.29 is 9.90 Å². The number of hydrogen-bond donors (Lipinski definition) is 4. The highest BCUT2D eigenvalue weighted by Crippen LogP contribution is 2.44. The number of fused-ring (bicyclic) bond motifs is 1. The van der Waals surface area contributed by atoms with E-state index in [1.807, 2.05) is 11.5 Å². The molecule has 5 N–H and O–H groups in total. The molecule has 198 valence electrons. The van der Waals surface area contributed by atoms with Gasteiger partial charge in [-0.1, -0.05) is 41.7 Å². The van der Waals surface area contributed by atoms with E-state index in [0.717, 1.165) is 32.1 Å². The highest BCUT2D eigenvalue weighted by Gasteiger charge is 2.38. The lowest BCUT2D eigenvalue weighted by Crippen LogP contribution is -2.38. The van der Waals surface area contributed by atoms with Crippen molar-refractivity contribution in [3.05, 3.63) is 33.4 Å². The van der Waals surface area contributed by atoms with Gasteiger partial charge in [-0.3, -0.25) is 9.36 Å². The van der Waals surface area contributed by atoms with Gasteiger partial charge in [-0.25, -0.2) is 9.97 Å². The summed E-state index contributed by atoms with van der Waals surface area (Å²) < 4.78 is 2.04. The van der Waals surface area contributed by atoms with Gasteiger partial charge in [-0.2, -0.15) is 4.98 Å². The maximum absolute atomic E-state index is 12.1. The Bertz CT molecular complexity index is 1300. The molecule has 0 spiro atoms. The number of aliphatic hydroxyl groups excluding tert-OH is 1. The third-order valence-electron chi connectivity index (χ3n) is 7.67. The van der Waals surface area contributed by atoms with Crippen molar-refractivity contribution in [2.24, 2.45) is 11.1 Å². The van der Waals surface area contributed by atoms with E-state index in [0.29, 0.717) is 63.1 Å². The fourth-order valence-electron chi connectivity index (χ4n) is 5.39. The molecule has 2 heterocycles. The molecule has 9 nitrogen and oxygen atoms in total. The summed E-state index contributed by atoms with van der Waals surface area (Å²) in [4.78, 5) is 26.2. The Morgan fingerprint density at radius 3 is 2.49 bits per heavy atom. The Morgan fingerprint density at radius 1 is 1.14 bits per heavy atom. The Balaban J connectivity index is 1.52. The topological polar surface area (TPSA) is 131 Å². The number of benzene rings is 1. The number of nitrogens with zero attached hydrogens (tertiary/aromatic N) is 4. The fourth-order valence-corrected chi connectivity index (χ4v) is 6.30. The van der Waals surface area contributed by atoms with Crippen molar-refractivity contribution in [1.82, 2.24) is 19.5 Å². The van der Waals surface area contributed by atoms with Gasteiger partial charge in [-0.05, 0) is 63.5 Å². The highest BCUT2D eigenvalue weighted by atomic mass is 35.5. The number of nitrogens with one attached hydrogen (secondary N) is 2. The molecule has 5 rings (SSSR count). The van der Waals surface area contributed by atoms with Gasteiger partial charge in [0.25, 0.3) is 0 Å². The van der Waals surface area contributed by atoms with Gasteiger partial charge >= 0.3 is 0 Å². The predicted octanol–water partition coefficient (Wildman–Crippen LogP) is 5.85. The molecule has 0 saturated heterocycles. The summed E-state index contributed by atoms with van der Waals surface area (Å²) in [6, 6.07) is 3.35.